The molecule has 4 N–H and O–H groups in total. The van der Waals surface area contributed by atoms with Crippen molar-refractivity contribution in [3.63, 3.8) is 0 Å². The Hall–Kier alpha value is -2.69. The molecule has 1 saturated carbocycles. The van der Waals surface area contributed by atoms with E-state index in [1.54, 1.807) is 0 Å². The van der Waals surface area contributed by atoms with E-state index in [0.717, 1.165) is 30.6 Å². The zero-order valence-corrected chi connectivity index (χ0v) is 18.0. The summed E-state index contributed by atoms with van der Waals surface area (Å²) in [5, 5.41) is 11.7. The number of piperazine rings is 1. The number of nitrogens with zero attached hydrogens (tertiary/aromatic N) is 2. The number of nitrogens with one attached hydrogen (secondary N) is 1. The van der Waals surface area contributed by atoms with E-state index in [2.05, 4.69) is 5.32 Å². The highest BCUT2D eigenvalue weighted by molar-refractivity contribution is 5.95. The van der Waals surface area contributed by atoms with E-state index in [9.17, 15) is 24.0 Å². The van der Waals surface area contributed by atoms with Crippen LogP contribution in [0.3, 0.4) is 0 Å². The lowest BCUT2D eigenvalue weighted by Crippen LogP contribution is -2.63. The Morgan fingerprint density at radius 3 is 2.39 bits per heavy atom. The number of ether oxygens (including phenoxy) is 1. The van der Waals surface area contributed by atoms with Gasteiger partial charge in [-0.1, -0.05) is 0 Å². The quantitative estimate of drug-likeness (QED) is 0.397. The Morgan fingerprint density at radius 2 is 1.84 bits per heavy atom. The zero-order chi connectivity index (χ0) is 23.1. The molecule has 0 radical (unpaired) electrons. The number of hydrogen-bond acceptors (Lipinski definition) is 7. The summed E-state index contributed by atoms with van der Waals surface area (Å²) < 4.78 is 4.71. The highest BCUT2D eigenvalue weighted by Crippen LogP contribution is 2.28. The van der Waals surface area contributed by atoms with Crippen molar-refractivity contribution in [2.45, 2.75) is 38.6 Å². The first-order chi connectivity index (χ1) is 14.7. The van der Waals surface area contributed by atoms with Gasteiger partial charge in [-0.25, -0.2) is 0 Å². The van der Waals surface area contributed by atoms with E-state index in [1.807, 2.05) is 0 Å². The Kier molecular flexibility index (Phi) is 8.78. The molecule has 1 saturated heterocycles. The number of esters is 1. The molecule has 2 aliphatic rings. The Morgan fingerprint density at radius 1 is 1.19 bits per heavy atom. The van der Waals surface area contributed by atoms with E-state index in [1.165, 1.54) is 18.9 Å². The van der Waals surface area contributed by atoms with Gasteiger partial charge in [-0.2, -0.15) is 0 Å². The fourth-order valence-electron chi connectivity index (χ4n) is 4.27. The first kappa shape index (κ1) is 24.6. The maximum Gasteiger partial charge on any atom is 0.323 e. The van der Waals surface area contributed by atoms with Crippen molar-refractivity contribution in [3.05, 3.63) is 0 Å². The second kappa shape index (κ2) is 11.1. The summed E-state index contributed by atoms with van der Waals surface area (Å²) in [6.07, 6.45) is 3.19. The Labute approximate surface area is 181 Å². The lowest BCUT2D eigenvalue weighted by atomic mass is 9.81. The van der Waals surface area contributed by atoms with Gasteiger partial charge >= 0.3 is 11.9 Å². The number of aliphatic carboxylic acids is 1. The molecule has 1 heterocycles. The number of rotatable bonds is 8. The van der Waals surface area contributed by atoms with Gasteiger partial charge in [0.25, 0.3) is 0 Å². The standard InChI is InChI=1S/C20H32N4O7/c1-12(20(30)31-2)17-19(29)23(11-16(26)27)7-8-24(17)15(25)10-22-18(28)14-5-3-13(9-21)4-6-14/h12-14,17H,3-11,21H2,1-2H3,(H,22,28)(H,26,27)/t12?,13?,14?,17-/m0/s1. The molecule has 11 heteroatoms. The third kappa shape index (κ3) is 6.16. The van der Waals surface area contributed by atoms with E-state index in [4.69, 9.17) is 15.6 Å². The number of carbonyl (C=O) groups is 5. The molecule has 2 rings (SSSR count). The first-order valence-electron chi connectivity index (χ1n) is 10.5. The molecule has 0 aromatic rings. The third-order valence-corrected chi connectivity index (χ3v) is 6.17. The smallest absolute Gasteiger partial charge is 0.323 e. The van der Waals surface area contributed by atoms with Gasteiger partial charge in [-0.15, -0.1) is 0 Å². The maximum atomic E-state index is 12.8. The van der Waals surface area contributed by atoms with Crippen LogP contribution in [-0.2, 0) is 28.7 Å². The van der Waals surface area contributed by atoms with Crippen molar-refractivity contribution in [1.29, 1.82) is 0 Å². The van der Waals surface area contributed by atoms with Crippen molar-refractivity contribution in [2.24, 2.45) is 23.5 Å². The molecule has 0 aromatic carbocycles. The summed E-state index contributed by atoms with van der Waals surface area (Å²) >= 11 is 0. The number of carboxylic acids is 1. The van der Waals surface area contributed by atoms with Gasteiger partial charge in [0.15, 0.2) is 0 Å². The summed E-state index contributed by atoms with van der Waals surface area (Å²) in [6.45, 7) is 1.32. The summed E-state index contributed by atoms with van der Waals surface area (Å²) in [5.41, 5.74) is 5.67. The number of hydrogen-bond donors (Lipinski definition) is 3. The topological polar surface area (TPSA) is 159 Å². The second-order valence-electron chi connectivity index (χ2n) is 8.17. The van der Waals surface area contributed by atoms with Crippen LogP contribution in [0.15, 0.2) is 0 Å². The van der Waals surface area contributed by atoms with Crippen molar-refractivity contribution in [1.82, 2.24) is 15.1 Å². The Balaban J connectivity index is 2.03. The predicted octanol–water partition coefficient (Wildman–Crippen LogP) is -1.20. The molecular formula is C20H32N4O7. The van der Waals surface area contributed by atoms with Crippen LogP contribution in [0.2, 0.25) is 0 Å². The van der Waals surface area contributed by atoms with E-state index in [0.29, 0.717) is 12.5 Å². The molecule has 0 spiro atoms. The summed E-state index contributed by atoms with van der Waals surface area (Å²) in [5.74, 6) is -3.95. The lowest BCUT2D eigenvalue weighted by molar-refractivity contribution is -0.163. The molecule has 11 nitrogen and oxygen atoms in total. The minimum absolute atomic E-state index is 0.0261. The van der Waals surface area contributed by atoms with Crippen molar-refractivity contribution < 1.29 is 33.8 Å². The highest BCUT2D eigenvalue weighted by Gasteiger charge is 2.44. The number of amides is 3. The number of methoxy groups -OCH3 is 1. The summed E-state index contributed by atoms with van der Waals surface area (Å²) in [4.78, 5) is 63.6. The van der Waals surface area contributed by atoms with Crippen molar-refractivity contribution >= 4 is 29.7 Å². The normalized spacial score (nSPS) is 25.0. The lowest BCUT2D eigenvalue weighted by Gasteiger charge is -2.41. The molecule has 31 heavy (non-hydrogen) atoms. The summed E-state index contributed by atoms with van der Waals surface area (Å²) in [7, 11) is 1.17. The average Bonchev–Trinajstić information content (AvgIpc) is 2.77. The molecule has 3 amide bonds. The van der Waals surface area contributed by atoms with Crippen LogP contribution in [0.4, 0.5) is 0 Å². The molecule has 0 bridgehead atoms. The third-order valence-electron chi connectivity index (χ3n) is 6.17. The molecule has 2 atom stereocenters. The monoisotopic (exact) mass is 440 g/mol. The van der Waals surface area contributed by atoms with E-state index < -0.39 is 42.3 Å². The number of carboxylic acid groups (broad SMARTS) is 1. The minimum atomic E-state index is -1.19. The van der Waals surface area contributed by atoms with Crippen LogP contribution in [0.5, 0.6) is 0 Å². The van der Waals surface area contributed by atoms with Crippen LogP contribution in [0, 0.1) is 17.8 Å². The van der Waals surface area contributed by atoms with Crippen LogP contribution in [0.1, 0.15) is 32.6 Å². The van der Waals surface area contributed by atoms with Gasteiger partial charge in [0.2, 0.25) is 17.7 Å². The molecule has 1 aliphatic heterocycles. The Bertz CT molecular complexity index is 706. The van der Waals surface area contributed by atoms with Crippen molar-refractivity contribution in [2.75, 3.05) is 39.8 Å². The second-order valence-corrected chi connectivity index (χ2v) is 8.17. The largest absolute Gasteiger partial charge is 0.480 e. The molecule has 0 aromatic heterocycles. The zero-order valence-electron chi connectivity index (χ0n) is 18.0. The molecule has 174 valence electrons. The SMILES string of the molecule is COC(=O)C(C)[C@H]1C(=O)N(CC(=O)O)CCN1C(=O)CNC(=O)C1CCC(CN)CC1. The molecule has 1 unspecified atom stereocenters. The van der Waals surface area contributed by atoms with Crippen LogP contribution in [-0.4, -0.2) is 90.4 Å². The highest BCUT2D eigenvalue weighted by atomic mass is 16.5. The molecule has 2 fully saturated rings. The molecule has 1 aliphatic carbocycles. The van der Waals surface area contributed by atoms with Gasteiger partial charge in [0.1, 0.15) is 12.6 Å². The first-order valence-corrected chi connectivity index (χ1v) is 10.5. The maximum absolute atomic E-state index is 12.8. The fraction of sp³-hybridized carbons (Fsp3) is 0.750. The van der Waals surface area contributed by atoms with Crippen molar-refractivity contribution in [3.8, 4) is 0 Å². The van der Waals surface area contributed by atoms with Gasteiger partial charge in [0, 0.05) is 19.0 Å². The van der Waals surface area contributed by atoms with Crippen LogP contribution < -0.4 is 11.1 Å². The van der Waals surface area contributed by atoms with Gasteiger partial charge < -0.3 is 30.7 Å². The van der Waals surface area contributed by atoms with Crippen LogP contribution >= 0.6 is 0 Å². The van der Waals surface area contributed by atoms with E-state index >= 15 is 0 Å². The predicted molar refractivity (Wildman–Crippen MR) is 108 cm³/mol. The van der Waals surface area contributed by atoms with Gasteiger partial charge in [-0.05, 0) is 45.1 Å². The van der Waals surface area contributed by atoms with Gasteiger partial charge in [0.05, 0.1) is 19.6 Å². The number of carbonyl (C=O) groups excluding carboxylic acids is 4. The number of nitrogens with two attached hydrogens (primary N) is 1. The average molecular weight is 440 g/mol. The minimum Gasteiger partial charge on any atom is -0.480 e. The van der Waals surface area contributed by atoms with Crippen LogP contribution in [0.25, 0.3) is 0 Å². The van der Waals surface area contributed by atoms with E-state index in [-0.39, 0.29) is 31.5 Å². The molecular weight excluding hydrogens is 408 g/mol. The van der Waals surface area contributed by atoms with Gasteiger partial charge in [-0.3, -0.25) is 24.0 Å². The summed E-state index contributed by atoms with van der Waals surface area (Å²) in [6, 6.07) is -1.19. The fourth-order valence-corrected chi connectivity index (χ4v) is 4.27.